The van der Waals surface area contributed by atoms with E-state index in [0.717, 1.165) is 33.3 Å². The molecule has 0 unspecified atom stereocenters. The first-order valence-corrected chi connectivity index (χ1v) is 9.80. The number of ether oxygens (including phenoxy) is 2. The summed E-state index contributed by atoms with van der Waals surface area (Å²) in [6.45, 7) is 0.669. The molecule has 0 aliphatic rings. The molecule has 0 spiro atoms. The topological polar surface area (TPSA) is 84.3 Å². The van der Waals surface area contributed by atoms with E-state index in [9.17, 15) is 4.79 Å². The maximum absolute atomic E-state index is 12.4. The van der Waals surface area contributed by atoms with Gasteiger partial charge in [0.25, 0.3) is 0 Å². The van der Waals surface area contributed by atoms with Crippen LogP contribution in [0, 0.1) is 0 Å². The van der Waals surface area contributed by atoms with Crippen molar-refractivity contribution in [2.45, 2.75) is 6.54 Å². The largest absolute Gasteiger partial charge is 0.497 e. The number of oxazole rings is 1. The van der Waals surface area contributed by atoms with E-state index in [1.54, 1.807) is 28.8 Å². The Morgan fingerprint density at radius 3 is 2.81 bits per heavy atom. The number of benzene rings is 2. The van der Waals surface area contributed by atoms with Crippen molar-refractivity contribution in [2.24, 2.45) is 7.05 Å². The van der Waals surface area contributed by atoms with Crippen LogP contribution in [0.15, 0.2) is 70.3 Å². The molecule has 0 atom stereocenters. The molecule has 0 saturated heterocycles. The Kier molecular flexibility index (Phi) is 4.66. The van der Waals surface area contributed by atoms with Gasteiger partial charge in [0.05, 0.1) is 30.9 Å². The molecule has 0 N–H and O–H groups in total. The monoisotopic (exact) mass is 416 g/mol. The highest BCUT2D eigenvalue weighted by Crippen LogP contribution is 2.27. The normalized spacial score (nSPS) is 11.3. The molecule has 3 aromatic heterocycles. The highest BCUT2D eigenvalue weighted by Gasteiger charge is 2.12. The minimum Gasteiger partial charge on any atom is -0.497 e. The average Bonchev–Trinajstić information content (AvgIpc) is 3.35. The zero-order valence-electron chi connectivity index (χ0n) is 17.1. The van der Waals surface area contributed by atoms with E-state index in [4.69, 9.17) is 13.9 Å². The van der Waals surface area contributed by atoms with Gasteiger partial charge >= 0.3 is 5.76 Å². The Labute approximate surface area is 177 Å². The number of nitrogens with zero attached hydrogens (tertiary/aromatic N) is 4. The minimum atomic E-state index is -0.411. The van der Waals surface area contributed by atoms with Crippen molar-refractivity contribution >= 4 is 22.0 Å². The van der Waals surface area contributed by atoms with Crippen LogP contribution in [0.3, 0.4) is 0 Å². The summed E-state index contributed by atoms with van der Waals surface area (Å²) in [5, 5.41) is 5.07. The van der Waals surface area contributed by atoms with Crippen LogP contribution in [0.25, 0.3) is 33.1 Å². The van der Waals surface area contributed by atoms with Gasteiger partial charge in [-0.25, -0.2) is 4.79 Å². The van der Waals surface area contributed by atoms with Crippen LogP contribution in [0.4, 0.5) is 0 Å². The number of aryl methyl sites for hydroxylation is 1. The number of methoxy groups -OCH3 is 1. The number of hydrogen-bond donors (Lipinski definition) is 0. The third-order valence-electron chi connectivity index (χ3n) is 5.19. The standard InChI is InChI=1S/C23H20N4O4/c1-26-14-16(13-25-26)15-3-6-20-22(11-15)31-23(28)27(20)9-10-30-21-7-8-24-19-12-17(29-2)4-5-18(19)21/h3-8,11-14H,9-10H2,1-2H3. The molecule has 31 heavy (non-hydrogen) atoms. The Balaban J connectivity index is 1.37. The molecule has 0 amide bonds. The molecule has 5 aromatic rings. The van der Waals surface area contributed by atoms with Crippen molar-refractivity contribution in [3.8, 4) is 22.6 Å². The summed E-state index contributed by atoms with van der Waals surface area (Å²) in [6, 6.07) is 13.1. The lowest BCUT2D eigenvalue weighted by molar-refractivity contribution is 0.297. The highest BCUT2D eigenvalue weighted by atomic mass is 16.5. The molecule has 0 aliphatic carbocycles. The van der Waals surface area contributed by atoms with Crippen molar-refractivity contribution in [1.82, 2.24) is 19.3 Å². The Hall–Kier alpha value is -4.07. The number of pyridine rings is 1. The summed E-state index contributed by atoms with van der Waals surface area (Å²) >= 11 is 0. The molecular formula is C23H20N4O4. The van der Waals surface area contributed by atoms with E-state index < -0.39 is 5.76 Å². The summed E-state index contributed by atoms with van der Waals surface area (Å²) in [7, 11) is 3.48. The molecule has 0 bridgehead atoms. The van der Waals surface area contributed by atoms with Crippen molar-refractivity contribution < 1.29 is 13.9 Å². The fourth-order valence-electron chi connectivity index (χ4n) is 3.63. The highest BCUT2D eigenvalue weighted by molar-refractivity contribution is 5.86. The van der Waals surface area contributed by atoms with Gasteiger partial charge in [0.15, 0.2) is 5.58 Å². The Bertz CT molecular complexity index is 1450. The summed E-state index contributed by atoms with van der Waals surface area (Å²) in [4.78, 5) is 16.8. The molecular weight excluding hydrogens is 396 g/mol. The molecule has 2 aromatic carbocycles. The second-order valence-corrected chi connectivity index (χ2v) is 7.15. The number of fused-ring (bicyclic) bond motifs is 2. The summed E-state index contributed by atoms with van der Waals surface area (Å²) in [5.74, 6) is 1.03. The van der Waals surface area contributed by atoms with Gasteiger partial charge in [-0.3, -0.25) is 14.2 Å². The van der Waals surface area contributed by atoms with E-state index in [0.29, 0.717) is 24.5 Å². The van der Waals surface area contributed by atoms with Gasteiger partial charge in [0.2, 0.25) is 0 Å². The van der Waals surface area contributed by atoms with E-state index >= 15 is 0 Å². The molecule has 8 nitrogen and oxygen atoms in total. The fourth-order valence-corrected chi connectivity index (χ4v) is 3.63. The molecule has 0 saturated carbocycles. The van der Waals surface area contributed by atoms with Crippen LogP contribution >= 0.6 is 0 Å². The molecule has 3 heterocycles. The third kappa shape index (κ3) is 3.52. The molecule has 8 heteroatoms. The van der Waals surface area contributed by atoms with Crippen molar-refractivity contribution in [3.05, 3.63) is 71.6 Å². The van der Waals surface area contributed by atoms with Crippen LogP contribution in [0.1, 0.15) is 0 Å². The van der Waals surface area contributed by atoms with Gasteiger partial charge < -0.3 is 13.9 Å². The lowest BCUT2D eigenvalue weighted by Gasteiger charge is -2.10. The van der Waals surface area contributed by atoms with E-state index in [-0.39, 0.29) is 0 Å². The second-order valence-electron chi connectivity index (χ2n) is 7.15. The SMILES string of the molecule is COc1ccc2c(OCCn3c(=O)oc4cc(-c5cnn(C)c5)ccc43)ccnc2c1. The number of rotatable bonds is 6. The Morgan fingerprint density at radius 2 is 2.00 bits per heavy atom. The Morgan fingerprint density at radius 1 is 1.10 bits per heavy atom. The number of hydrogen-bond acceptors (Lipinski definition) is 6. The summed E-state index contributed by atoms with van der Waals surface area (Å²) < 4.78 is 20.0. The zero-order chi connectivity index (χ0) is 21.4. The third-order valence-corrected chi connectivity index (χ3v) is 5.19. The van der Waals surface area contributed by atoms with Crippen LogP contribution in [-0.4, -0.2) is 33.0 Å². The van der Waals surface area contributed by atoms with E-state index in [2.05, 4.69) is 10.1 Å². The summed E-state index contributed by atoms with van der Waals surface area (Å²) in [6.07, 6.45) is 5.38. The van der Waals surface area contributed by atoms with Crippen LogP contribution in [-0.2, 0) is 13.6 Å². The lowest BCUT2D eigenvalue weighted by Crippen LogP contribution is -2.18. The van der Waals surface area contributed by atoms with Crippen LogP contribution < -0.4 is 15.2 Å². The smallest absolute Gasteiger partial charge is 0.420 e. The fraction of sp³-hybridized carbons (Fsp3) is 0.174. The van der Waals surface area contributed by atoms with E-state index in [1.807, 2.05) is 55.7 Å². The maximum Gasteiger partial charge on any atom is 0.420 e. The average molecular weight is 416 g/mol. The first-order valence-electron chi connectivity index (χ1n) is 9.80. The van der Waals surface area contributed by atoms with Gasteiger partial charge in [-0.15, -0.1) is 0 Å². The number of aromatic nitrogens is 4. The van der Waals surface area contributed by atoms with Crippen LogP contribution in [0.2, 0.25) is 0 Å². The van der Waals surface area contributed by atoms with Gasteiger partial charge in [-0.2, -0.15) is 5.10 Å². The summed E-state index contributed by atoms with van der Waals surface area (Å²) in [5.41, 5.74) is 3.95. The van der Waals surface area contributed by atoms with Gasteiger partial charge in [-0.05, 0) is 35.9 Å². The molecule has 5 rings (SSSR count). The molecule has 0 radical (unpaired) electrons. The maximum atomic E-state index is 12.4. The zero-order valence-corrected chi connectivity index (χ0v) is 17.1. The van der Waals surface area contributed by atoms with E-state index in [1.165, 1.54) is 0 Å². The molecule has 156 valence electrons. The van der Waals surface area contributed by atoms with Crippen molar-refractivity contribution in [3.63, 3.8) is 0 Å². The predicted molar refractivity (Wildman–Crippen MR) is 116 cm³/mol. The minimum absolute atomic E-state index is 0.310. The quantitative estimate of drug-likeness (QED) is 0.420. The van der Waals surface area contributed by atoms with Gasteiger partial charge in [-0.1, -0.05) is 6.07 Å². The first kappa shape index (κ1) is 18.9. The molecule has 0 fully saturated rings. The van der Waals surface area contributed by atoms with Gasteiger partial charge in [0, 0.05) is 36.5 Å². The van der Waals surface area contributed by atoms with Crippen molar-refractivity contribution in [1.29, 1.82) is 0 Å². The van der Waals surface area contributed by atoms with Crippen molar-refractivity contribution in [2.75, 3.05) is 13.7 Å². The second kappa shape index (κ2) is 7.64. The van der Waals surface area contributed by atoms with Gasteiger partial charge in [0.1, 0.15) is 18.1 Å². The first-order chi connectivity index (χ1) is 15.1. The predicted octanol–water partition coefficient (Wildman–Crippen LogP) is 3.63. The van der Waals surface area contributed by atoms with Crippen LogP contribution in [0.5, 0.6) is 11.5 Å². The lowest BCUT2D eigenvalue weighted by atomic mass is 10.1. The molecule has 0 aliphatic heterocycles.